The summed E-state index contributed by atoms with van der Waals surface area (Å²) in [5.74, 6) is 0.0688. The molecular weight excluding hydrogens is 386 g/mol. The lowest BCUT2D eigenvalue weighted by atomic mass is 9.98. The van der Waals surface area contributed by atoms with E-state index in [1.54, 1.807) is 0 Å². The molecule has 0 unspecified atom stereocenters. The fourth-order valence-corrected chi connectivity index (χ4v) is 4.25. The maximum Gasteiger partial charge on any atom is 0.407 e. The molecule has 4 aromatic rings. The molecule has 1 amide bonds. The van der Waals surface area contributed by atoms with Crippen LogP contribution in [-0.2, 0) is 11.8 Å². The first-order valence-electron chi connectivity index (χ1n) is 10.4. The summed E-state index contributed by atoms with van der Waals surface area (Å²) >= 11 is 0. The van der Waals surface area contributed by atoms with E-state index in [0.717, 1.165) is 16.5 Å². The van der Waals surface area contributed by atoms with Crippen molar-refractivity contribution in [2.75, 3.05) is 13.2 Å². The maximum absolute atomic E-state index is 12.2. The van der Waals surface area contributed by atoms with Crippen molar-refractivity contribution >= 4 is 23.1 Å². The lowest BCUT2D eigenvalue weighted by Gasteiger charge is -2.14. The zero-order valence-electron chi connectivity index (χ0n) is 17.3. The molecule has 0 radical (unpaired) electrons. The molecule has 0 fully saturated rings. The Kier molecular flexibility index (Phi) is 5.00. The minimum Gasteiger partial charge on any atom is -0.449 e. The first-order chi connectivity index (χ1) is 15.2. The molecule has 0 atom stereocenters. The largest absolute Gasteiger partial charge is 0.449 e. The number of fused-ring (bicyclic) bond motifs is 4. The summed E-state index contributed by atoms with van der Waals surface area (Å²) in [6.45, 7) is 0.723. The molecule has 1 aliphatic rings. The number of amides is 1. The van der Waals surface area contributed by atoms with E-state index in [0.29, 0.717) is 13.2 Å². The number of ether oxygens (including phenoxy) is 1. The molecule has 5 heteroatoms. The van der Waals surface area contributed by atoms with Gasteiger partial charge in [-0.1, -0.05) is 72.8 Å². The van der Waals surface area contributed by atoms with Gasteiger partial charge in [0.1, 0.15) is 6.61 Å². The number of aryl methyl sites for hydroxylation is 1. The third-order valence-electron chi connectivity index (χ3n) is 5.79. The number of hydrogen-bond donors (Lipinski definition) is 1. The monoisotopic (exact) mass is 409 g/mol. The summed E-state index contributed by atoms with van der Waals surface area (Å²) in [6, 6.07) is 22.8. The van der Waals surface area contributed by atoms with Crippen molar-refractivity contribution in [3.63, 3.8) is 0 Å². The quantitative estimate of drug-likeness (QED) is 0.497. The molecule has 31 heavy (non-hydrogen) atoms. The van der Waals surface area contributed by atoms with E-state index < -0.39 is 6.09 Å². The SMILES string of the molecule is Cn1ncc2ccc(C=CCNC(=O)OCC3c4ccccc4-c4ccccc43)cc21. The van der Waals surface area contributed by atoms with Gasteiger partial charge >= 0.3 is 6.09 Å². The highest BCUT2D eigenvalue weighted by molar-refractivity contribution is 5.81. The number of carbonyl (C=O) groups excluding carboxylic acids is 1. The number of benzene rings is 3. The Morgan fingerprint density at radius 1 is 1.06 bits per heavy atom. The predicted molar refractivity (Wildman–Crippen MR) is 123 cm³/mol. The first kappa shape index (κ1) is 19.1. The van der Waals surface area contributed by atoms with Crippen molar-refractivity contribution in [1.82, 2.24) is 15.1 Å². The van der Waals surface area contributed by atoms with Gasteiger partial charge < -0.3 is 10.1 Å². The second-order valence-corrected chi connectivity index (χ2v) is 7.70. The van der Waals surface area contributed by atoms with E-state index >= 15 is 0 Å². The number of nitrogens with one attached hydrogen (secondary N) is 1. The fraction of sp³-hybridized carbons (Fsp3) is 0.154. The molecule has 1 heterocycles. The second kappa shape index (κ2) is 8.11. The van der Waals surface area contributed by atoms with Crippen LogP contribution in [0.3, 0.4) is 0 Å². The Balaban J connectivity index is 1.18. The molecular formula is C26H23N3O2. The number of rotatable bonds is 5. The average molecular weight is 409 g/mol. The molecule has 0 saturated carbocycles. The van der Waals surface area contributed by atoms with E-state index in [-0.39, 0.29) is 5.92 Å². The molecule has 1 aliphatic carbocycles. The Morgan fingerprint density at radius 2 is 1.77 bits per heavy atom. The Bertz CT molecular complexity index is 1240. The standard InChI is InChI=1S/C26H23N3O2/c1-29-25-15-18(12-13-19(25)16-28-29)7-6-14-27-26(30)31-17-24-22-10-4-2-8-20(22)21-9-3-5-11-23(21)24/h2-13,15-16,24H,14,17H2,1H3,(H,27,30). The molecule has 5 nitrogen and oxygen atoms in total. The molecule has 0 bridgehead atoms. The van der Waals surface area contributed by atoms with Gasteiger partial charge in [0.15, 0.2) is 0 Å². The maximum atomic E-state index is 12.2. The van der Waals surface area contributed by atoms with Crippen molar-refractivity contribution < 1.29 is 9.53 Å². The van der Waals surface area contributed by atoms with Gasteiger partial charge in [-0.3, -0.25) is 4.68 Å². The fourth-order valence-electron chi connectivity index (χ4n) is 4.25. The lowest BCUT2D eigenvalue weighted by Crippen LogP contribution is -2.26. The summed E-state index contributed by atoms with van der Waals surface area (Å²) in [5, 5.41) is 8.17. The highest BCUT2D eigenvalue weighted by Crippen LogP contribution is 2.44. The number of aromatic nitrogens is 2. The Morgan fingerprint density at radius 3 is 2.52 bits per heavy atom. The van der Waals surface area contributed by atoms with Gasteiger partial charge in [0.05, 0.1) is 11.7 Å². The van der Waals surface area contributed by atoms with Crippen molar-refractivity contribution in [3.05, 3.63) is 95.7 Å². The van der Waals surface area contributed by atoms with Crippen LogP contribution in [0.4, 0.5) is 4.79 Å². The summed E-state index contributed by atoms with van der Waals surface area (Å²) in [7, 11) is 1.93. The highest BCUT2D eigenvalue weighted by atomic mass is 16.5. The number of alkyl carbamates (subject to hydrolysis) is 1. The highest BCUT2D eigenvalue weighted by Gasteiger charge is 2.28. The van der Waals surface area contributed by atoms with Crippen molar-refractivity contribution in [3.8, 4) is 11.1 Å². The van der Waals surface area contributed by atoms with E-state index in [9.17, 15) is 4.79 Å². The molecule has 154 valence electrons. The van der Waals surface area contributed by atoms with Gasteiger partial charge in [-0.25, -0.2) is 4.79 Å². The molecule has 3 aromatic carbocycles. The van der Waals surface area contributed by atoms with Crippen LogP contribution in [0.2, 0.25) is 0 Å². The van der Waals surface area contributed by atoms with Crippen molar-refractivity contribution in [2.24, 2.45) is 7.05 Å². The van der Waals surface area contributed by atoms with Crippen molar-refractivity contribution in [1.29, 1.82) is 0 Å². The van der Waals surface area contributed by atoms with Gasteiger partial charge in [-0.15, -0.1) is 0 Å². The van der Waals surface area contributed by atoms with Crippen molar-refractivity contribution in [2.45, 2.75) is 5.92 Å². The summed E-state index contributed by atoms with van der Waals surface area (Å²) < 4.78 is 7.41. The van der Waals surface area contributed by atoms with Gasteiger partial charge in [-0.05, 0) is 33.9 Å². The smallest absolute Gasteiger partial charge is 0.407 e. The second-order valence-electron chi connectivity index (χ2n) is 7.70. The number of nitrogens with zero attached hydrogens (tertiary/aromatic N) is 2. The number of hydrogen-bond acceptors (Lipinski definition) is 3. The van der Waals surface area contributed by atoms with Gasteiger partial charge in [0.25, 0.3) is 0 Å². The zero-order valence-corrected chi connectivity index (χ0v) is 17.3. The van der Waals surface area contributed by atoms with Crippen LogP contribution in [0.25, 0.3) is 28.1 Å². The van der Waals surface area contributed by atoms with E-state index in [1.165, 1.54) is 22.3 Å². The Labute approximate surface area is 181 Å². The Hall–Kier alpha value is -3.86. The van der Waals surface area contributed by atoms with Crippen LogP contribution in [0.5, 0.6) is 0 Å². The minimum atomic E-state index is -0.409. The normalized spacial score (nSPS) is 12.8. The van der Waals surface area contributed by atoms with E-state index in [2.05, 4.69) is 40.7 Å². The summed E-state index contributed by atoms with van der Waals surface area (Å²) in [4.78, 5) is 12.2. The van der Waals surface area contributed by atoms with Crippen LogP contribution in [-0.4, -0.2) is 29.0 Å². The molecule has 5 rings (SSSR count). The zero-order chi connectivity index (χ0) is 21.2. The van der Waals surface area contributed by atoms with Gasteiger partial charge in [0, 0.05) is 24.9 Å². The van der Waals surface area contributed by atoms with E-state index in [1.807, 2.05) is 66.5 Å². The molecule has 1 N–H and O–H groups in total. The molecule has 0 saturated heterocycles. The topological polar surface area (TPSA) is 56.2 Å². The van der Waals surface area contributed by atoms with Gasteiger partial charge in [-0.2, -0.15) is 5.10 Å². The minimum absolute atomic E-state index is 0.0688. The number of carbonyl (C=O) groups is 1. The molecule has 1 aromatic heterocycles. The lowest BCUT2D eigenvalue weighted by molar-refractivity contribution is 0.144. The molecule has 0 spiro atoms. The summed E-state index contributed by atoms with van der Waals surface area (Å²) in [5.41, 5.74) is 7.00. The first-order valence-corrected chi connectivity index (χ1v) is 10.4. The van der Waals surface area contributed by atoms with Crippen LogP contribution >= 0.6 is 0 Å². The average Bonchev–Trinajstić information content (AvgIpc) is 3.33. The van der Waals surface area contributed by atoms with Crippen LogP contribution < -0.4 is 5.32 Å². The predicted octanol–water partition coefficient (Wildman–Crippen LogP) is 5.13. The molecule has 0 aliphatic heterocycles. The van der Waals surface area contributed by atoms with Crippen LogP contribution in [0.15, 0.2) is 79.0 Å². The third-order valence-corrected chi connectivity index (χ3v) is 5.79. The van der Waals surface area contributed by atoms with E-state index in [4.69, 9.17) is 4.74 Å². The van der Waals surface area contributed by atoms with Crippen LogP contribution in [0, 0.1) is 0 Å². The third kappa shape index (κ3) is 3.70. The summed E-state index contributed by atoms with van der Waals surface area (Å²) in [6.07, 6.45) is 5.34. The van der Waals surface area contributed by atoms with Gasteiger partial charge in [0.2, 0.25) is 0 Å². The van der Waals surface area contributed by atoms with Crippen LogP contribution in [0.1, 0.15) is 22.6 Å².